The van der Waals surface area contributed by atoms with Crippen LogP contribution >= 0.6 is 0 Å². The minimum atomic E-state index is -0.504. The van der Waals surface area contributed by atoms with E-state index in [0.717, 1.165) is 23.3 Å². The molecule has 3 rings (SSSR count). The van der Waals surface area contributed by atoms with Crippen molar-refractivity contribution in [3.8, 4) is 0 Å². The highest BCUT2D eigenvalue weighted by Crippen LogP contribution is 2.24. The largest absolute Gasteiger partial charge is 0.444 e. The third kappa shape index (κ3) is 5.66. The van der Waals surface area contributed by atoms with Crippen LogP contribution in [0.5, 0.6) is 0 Å². The standard InChI is InChI=1S/C21H28N6O2/c1-21(2,3)29-20(28)22-11-8-12-27(14-16-9-6-5-7-10-16)19-17-13-25-26(4)18(17)23-15-24-19/h5-7,9-10,13,15H,8,11-12,14H2,1-4H3,(H,22,28). The maximum atomic E-state index is 11.9. The van der Waals surface area contributed by atoms with Crippen LogP contribution in [0.3, 0.4) is 0 Å². The number of nitrogens with zero attached hydrogens (tertiary/aromatic N) is 5. The lowest BCUT2D eigenvalue weighted by molar-refractivity contribution is 0.0527. The molecule has 154 valence electrons. The first-order valence-electron chi connectivity index (χ1n) is 9.72. The summed E-state index contributed by atoms with van der Waals surface area (Å²) in [5.74, 6) is 0.837. The molecule has 1 N–H and O–H groups in total. The zero-order valence-corrected chi connectivity index (χ0v) is 17.4. The van der Waals surface area contributed by atoms with Crippen LogP contribution in [0.15, 0.2) is 42.9 Å². The highest BCUT2D eigenvalue weighted by molar-refractivity contribution is 5.86. The van der Waals surface area contributed by atoms with Gasteiger partial charge in [0.15, 0.2) is 5.65 Å². The van der Waals surface area contributed by atoms with E-state index in [0.29, 0.717) is 19.6 Å². The maximum Gasteiger partial charge on any atom is 0.407 e. The van der Waals surface area contributed by atoms with Crippen molar-refractivity contribution < 1.29 is 9.53 Å². The number of alkyl carbamates (subject to hydrolysis) is 1. The van der Waals surface area contributed by atoms with Crippen molar-refractivity contribution in [3.63, 3.8) is 0 Å². The molecule has 0 saturated carbocycles. The summed E-state index contributed by atoms with van der Waals surface area (Å²) in [6, 6.07) is 10.2. The second-order valence-electron chi connectivity index (χ2n) is 7.89. The summed E-state index contributed by atoms with van der Waals surface area (Å²) in [5.41, 5.74) is 1.47. The van der Waals surface area contributed by atoms with Gasteiger partial charge in [0.1, 0.15) is 17.7 Å². The first kappa shape index (κ1) is 20.6. The van der Waals surface area contributed by atoms with Gasteiger partial charge in [0.25, 0.3) is 0 Å². The molecule has 1 aromatic carbocycles. The molecule has 0 radical (unpaired) electrons. The molecule has 0 spiro atoms. The lowest BCUT2D eigenvalue weighted by Crippen LogP contribution is -2.34. The summed E-state index contributed by atoms with van der Waals surface area (Å²) in [4.78, 5) is 22.9. The van der Waals surface area contributed by atoms with Gasteiger partial charge in [0.2, 0.25) is 0 Å². The molecular weight excluding hydrogens is 368 g/mol. The number of carbonyl (C=O) groups is 1. The third-order valence-electron chi connectivity index (χ3n) is 4.30. The Morgan fingerprint density at radius 3 is 2.69 bits per heavy atom. The number of amides is 1. The van der Waals surface area contributed by atoms with E-state index in [2.05, 4.69) is 37.4 Å². The molecule has 0 atom stereocenters. The average Bonchev–Trinajstić information content (AvgIpc) is 3.05. The number of hydrogen-bond acceptors (Lipinski definition) is 6. The Hall–Kier alpha value is -3.16. The zero-order valence-electron chi connectivity index (χ0n) is 17.4. The van der Waals surface area contributed by atoms with Gasteiger partial charge in [0.05, 0.1) is 11.6 Å². The van der Waals surface area contributed by atoms with E-state index in [-0.39, 0.29) is 0 Å². The Labute approximate surface area is 170 Å². The second-order valence-corrected chi connectivity index (χ2v) is 7.89. The molecule has 0 bridgehead atoms. The first-order valence-corrected chi connectivity index (χ1v) is 9.72. The van der Waals surface area contributed by atoms with E-state index in [9.17, 15) is 4.79 Å². The Bertz CT molecular complexity index is 949. The number of aryl methyl sites for hydroxylation is 1. The summed E-state index contributed by atoms with van der Waals surface area (Å²) in [6.07, 6.45) is 3.71. The number of carbonyl (C=O) groups excluding carboxylic acids is 1. The van der Waals surface area contributed by atoms with Gasteiger partial charge < -0.3 is 15.0 Å². The molecule has 0 fully saturated rings. The summed E-state index contributed by atoms with van der Waals surface area (Å²) >= 11 is 0. The number of hydrogen-bond donors (Lipinski definition) is 1. The van der Waals surface area contributed by atoms with Gasteiger partial charge in [-0.25, -0.2) is 14.8 Å². The van der Waals surface area contributed by atoms with Gasteiger partial charge in [-0.05, 0) is 32.8 Å². The predicted molar refractivity (Wildman–Crippen MR) is 113 cm³/mol. The van der Waals surface area contributed by atoms with Crippen LogP contribution in [0, 0.1) is 0 Å². The number of aromatic nitrogens is 4. The van der Waals surface area contributed by atoms with Crippen molar-refractivity contribution >= 4 is 22.9 Å². The van der Waals surface area contributed by atoms with E-state index in [1.165, 1.54) is 5.56 Å². The van der Waals surface area contributed by atoms with E-state index in [4.69, 9.17) is 4.74 Å². The molecule has 2 aromatic heterocycles. The van der Waals surface area contributed by atoms with Crippen LogP contribution in [-0.4, -0.2) is 44.5 Å². The Kier molecular flexibility index (Phi) is 6.31. The van der Waals surface area contributed by atoms with Crippen LogP contribution in [0.1, 0.15) is 32.8 Å². The lowest BCUT2D eigenvalue weighted by Gasteiger charge is -2.25. The number of nitrogens with one attached hydrogen (secondary N) is 1. The van der Waals surface area contributed by atoms with Crippen molar-refractivity contribution in [2.45, 2.75) is 39.3 Å². The molecule has 0 unspecified atom stereocenters. The van der Waals surface area contributed by atoms with Crippen molar-refractivity contribution in [2.24, 2.45) is 7.05 Å². The average molecular weight is 396 g/mol. The summed E-state index contributed by atoms with van der Waals surface area (Å²) in [6.45, 7) is 7.48. The predicted octanol–water partition coefficient (Wildman–Crippen LogP) is 3.28. The molecule has 3 aromatic rings. The van der Waals surface area contributed by atoms with E-state index in [1.807, 2.05) is 46.0 Å². The molecule has 0 aliphatic carbocycles. The number of anilines is 1. The number of benzene rings is 1. The van der Waals surface area contributed by atoms with E-state index >= 15 is 0 Å². The van der Waals surface area contributed by atoms with Gasteiger partial charge >= 0.3 is 6.09 Å². The van der Waals surface area contributed by atoms with Gasteiger partial charge in [0, 0.05) is 26.7 Å². The Morgan fingerprint density at radius 2 is 1.97 bits per heavy atom. The minimum absolute atomic E-state index is 0.399. The third-order valence-corrected chi connectivity index (χ3v) is 4.30. The van der Waals surface area contributed by atoms with Crippen molar-refractivity contribution in [1.29, 1.82) is 0 Å². The molecule has 8 nitrogen and oxygen atoms in total. The highest BCUT2D eigenvalue weighted by atomic mass is 16.6. The fourth-order valence-electron chi connectivity index (χ4n) is 3.04. The van der Waals surface area contributed by atoms with E-state index < -0.39 is 11.7 Å². The number of fused-ring (bicyclic) bond motifs is 1. The normalized spacial score (nSPS) is 11.4. The fraction of sp³-hybridized carbons (Fsp3) is 0.429. The molecule has 0 aliphatic heterocycles. The monoisotopic (exact) mass is 396 g/mol. The van der Waals surface area contributed by atoms with Gasteiger partial charge in [-0.15, -0.1) is 0 Å². The van der Waals surface area contributed by atoms with Crippen LogP contribution in [0.25, 0.3) is 11.0 Å². The topological polar surface area (TPSA) is 85.2 Å². The van der Waals surface area contributed by atoms with Gasteiger partial charge in [-0.2, -0.15) is 5.10 Å². The van der Waals surface area contributed by atoms with Crippen molar-refractivity contribution in [1.82, 2.24) is 25.1 Å². The smallest absolute Gasteiger partial charge is 0.407 e. The molecule has 0 aliphatic rings. The second kappa shape index (κ2) is 8.89. The molecule has 0 saturated heterocycles. The van der Waals surface area contributed by atoms with Gasteiger partial charge in [-0.1, -0.05) is 30.3 Å². The molecule has 2 heterocycles. The van der Waals surface area contributed by atoms with E-state index in [1.54, 1.807) is 17.2 Å². The highest BCUT2D eigenvalue weighted by Gasteiger charge is 2.17. The quantitative estimate of drug-likeness (QED) is 0.617. The summed E-state index contributed by atoms with van der Waals surface area (Å²) in [7, 11) is 1.87. The summed E-state index contributed by atoms with van der Waals surface area (Å²) in [5, 5.41) is 8.04. The molecule has 29 heavy (non-hydrogen) atoms. The fourth-order valence-corrected chi connectivity index (χ4v) is 3.04. The first-order chi connectivity index (χ1) is 13.8. The van der Waals surface area contributed by atoms with Crippen molar-refractivity contribution in [2.75, 3.05) is 18.0 Å². The molecular formula is C21H28N6O2. The zero-order chi connectivity index (χ0) is 20.9. The Balaban J connectivity index is 1.71. The Morgan fingerprint density at radius 1 is 1.21 bits per heavy atom. The molecule has 8 heteroatoms. The minimum Gasteiger partial charge on any atom is -0.444 e. The van der Waals surface area contributed by atoms with Crippen LogP contribution < -0.4 is 10.2 Å². The van der Waals surface area contributed by atoms with Crippen LogP contribution in [0.2, 0.25) is 0 Å². The lowest BCUT2D eigenvalue weighted by atomic mass is 10.2. The van der Waals surface area contributed by atoms with Gasteiger partial charge in [-0.3, -0.25) is 4.68 Å². The number of ether oxygens (including phenoxy) is 1. The van der Waals surface area contributed by atoms with Crippen LogP contribution in [0.4, 0.5) is 10.6 Å². The number of rotatable bonds is 7. The molecule has 1 amide bonds. The SMILES string of the molecule is Cn1ncc2c(N(CCCNC(=O)OC(C)(C)C)Cc3ccccc3)ncnc21. The maximum absolute atomic E-state index is 11.9. The summed E-state index contributed by atoms with van der Waals surface area (Å²) < 4.78 is 7.03. The van der Waals surface area contributed by atoms with Crippen molar-refractivity contribution in [3.05, 3.63) is 48.4 Å². The van der Waals surface area contributed by atoms with Crippen LogP contribution in [-0.2, 0) is 18.3 Å².